The highest BCUT2D eigenvalue weighted by atomic mass is 79.9. The number of rotatable bonds is 6. The van der Waals surface area contributed by atoms with Crippen molar-refractivity contribution in [3.8, 4) is 0 Å². The Hall–Kier alpha value is -0.890. The first-order valence-corrected chi connectivity index (χ1v) is 6.19. The number of halogens is 2. The predicted molar refractivity (Wildman–Crippen MR) is 80.0 cm³/mol. The van der Waals surface area contributed by atoms with Crippen molar-refractivity contribution >= 4 is 39.9 Å². The van der Waals surface area contributed by atoms with Crippen LogP contribution in [0.5, 0.6) is 0 Å². The van der Waals surface area contributed by atoms with Crippen molar-refractivity contribution in [3.63, 3.8) is 0 Å². The van der Waals surface area contributed by atoms with Crippen LogP contribution in [0.4, 0.5) is 5.69 Å². The molecule has 108 valence electrons. The van der Waals surface area contributed by atoms with Gasteiger partial charge in [-0.2, -0.15) is 0 Å². The third-order valence-electron chi connectivity index (χ3n) is 2.19. The van der Waals surface area contributed by atoms with Gasteiger partial charge in [0, 0.05) is 26.9 Å². The van der Waals surface area contributed by atoms with E-state index < -0.39 is 0 Å². The lowest BCUT2D eigenvalue weighted by atomic mass is 10.4. The topological polar surface area (TPSA) is 72.4 Å². The largest absolute Gasteiger partial charge is 0.383 e. The molecule has 19 heavy (non-hydrogen) atoms. The van der Waals surface area contributed by atoms with Crippen LogP contribution in [0, 0.1) is 0 Å². The van der Waals surface area contributed by atoms with E-state index >= 15 is 0 Å². The molecule has 0 saturated heterocycles. The van der Waals surface area contributed by atoms with E-state index in [2.05, 4.69) is 26.6 Å². The van der Waals surface area contributed by atoms with Crippen LogP contribution in [0.25, 0.3) is 0 Å². The molecule has 0 atom stereocenters. The van der Waals surface area contributed by atoms with E-state index in [-0.39, 0.29) is 30.4 Å². The summed E-state index contributed by atoms with van der Waals surface area (Å²) in [4.78, 5) is 23.0. The average molecular weight is 355 g/mol. The maximum atomic E-state index is 11.6. The van der Waals surface area contributed by atoms with E-state index in [1.807, 2.05) is 0 Å². The smallest absolute Gasteiger partial charge is 0.264 e. The Balaban J connectivity index is 0.00000324. The average Bonchev–Trinajstić information content (AvgIpc) is 2.31. The molecule has 0 fully saturated rings. The number of hydrogen-bond acceptors (Lipinski definition) is 4. The van der Waals surface area contributed by atoms with Gasteiger partial charge in [0.05, 0.1) is 23.3 Å². The Morgan fingerprint density at radius 1 is 1.53 bits per heavy atom. The summed E-state index contributed by atoms with van der Waals surface area (Å²) in [5.74, 6) is -0.170. The number of aryl methyl sites for hydroxylation is 1. The van der Waals surface area contributed by atoms with Crippen LogP contribution in [0.15, 0.2) is 21.5 Å². The Kier molecular flexibility index (Phi) is 8.66. The number of nitrogens with one attached hydrogen (secondary N) is 2. The quantitative estimate of drug-likeness (QED) is 0.739. The summed E-state index contributed by atoms with van der Waals surface area (Å²) < 4.78 is 6.66. The molecule has 0 aliphatic heterocycles. The maximum absolute atomic E-state index is 11.6. The summed E-state index contributed by atoms with van der Waals surface area (Å²) in [6.45, 7) is 1.36. The molecule has 0 aliphatic rings. The fourth-order valence-corrected chi connectivity index (χ4v) is 1.85. The summed E-state index contributed by atoms with van der Waals surface area (Å²) in [7, 11) is 3.23. The van der Waals surface area contributed by atoms with Gasteiger partial charge in [-0.3, -0.25) is 9.59 Å². The van der Waals surface area contributed by atoms with Gasteiger partial charge in [-0.15, -0.1) is 12.4 Å². The SMILES string of the molecule is COCCNCC(=O)Nc1cc(Br)c(=O)n(C)c1.Cl. The third-order valence-corrected chi connectivity index (χ3v) is 2.76. The molecule has 6 nitrogen and oxygen atoms in total. The number of amides is 1. The van der Waals surface area contributed by atoms with E-state index in [4.69, 9.17) is 4.74 Å². The Labute approximate surface area is 126 Å². The van der Waals surface area contributed by atoms with Crippen molar-refractivity contribution in [1.82, 2.24) is 9.88 Å². The second-order valence-corrected chi connectivity index (χ2v) is 4.56. The number of aromatic nitrogens is 1. The molecule has 1 heterocycles. The highest BCUT2D eigenvalue weighted by Crippen LogP contribution is 2.10. The Morgan fingerprint density at radius 2 is 2.21 bits per heavy atom. The molecule has 0 bridgehead atoms. The van der Waals surface area contributed by atoms with E-state index in [0.29, 0.717) is 23.3 Å². The molecule has 0 aromatic carbocycles. The number of carbonyl (C=O) groups is 1. The first-order chi connectivity index (χ1) is 8.54. The number of carbonyl (C=O) groups excluding carboxylic acids is 1. The lowest BCUT2D eigenvalue weighted by Gasteiger charge is -2.08. The van der Waals surface area contributed by atoms with Crippen molar-refractivity contribution in [2.75, 3.05) is 32.1 Å². The van der Waals surface area contributed by atoms with Crippen LogP contribution < -0.4 is 16.2 Å². The first-order valence-electron chi connectivity index (χ1n) is 5.40. The molecular weight excluding hydrogens is 337 g/mol. The van der Waals surface area contributed by atoms with Crippen molar-refractivity contribution in [3.05, 3.63) is 27.1 Å². The summed E-state index contributed by atoms with van der Waals surface area (Å²) in [5, 5.41) is 5.63. The minimum Gasteiger partial charge on any atom is -0.383 e. The van der Waals surface area contributed by atoms with Crippen LogP contribution in [0.1, 0.15) is 0 Å². The fraction of sp³-hybridized carbons (Fsp3) is 0.455. The molecule has 8 heteroatoms. The highest BCUT2D eigenvalue weighted by Gasteiger charge is 2.05. The number of anilines is 1. The normalized spacial score (nSPS) is 9.84. The zero-order chi connectivity index (χ0) is 13.5. The van der Waals surface area contributed by atoms with Gasteiger partial charge >= 0.3 is 0 Å². The summed E-state index contributed by atoms with van der Waals surface area (Å²) in [6, 6.07) is 1.58. The lowest BCUT2D eigenvalue weighted by Crippen LogP contribution is -2.30. The third kappa shape index (κ3) is 6.20. The lowest BCUT2D eigenvalue weighted by molar-refractivity contribution is -0.115. The van der Waals surface area contributed by atoms with Gasteiger partial charge in [-0.25, -0.2) is 0 Å². The van der Waals surface area contributed by atoms with Crippen molar-refractivity contribution in [2.45, 2.75) is 0 Å². The molecule has 0 spiro atoms. The van der Waals surface area contributed by atoms with Crippen LogP contribution in [-0.4, -0.2) is 37.3 Å². The van der Waals surface area contributed by atoms with E-state index in [0.717, 1.165) is 0 Å². The van der Waals surface area contributed by atoms with E-state index in [1.165, 1.54) is 4.57 Å². The molecule has 1 aromatic rings. The number of methoxy groups -OCH3 is 1. The number of pyridine rings is 1. The standard InChI is InChI=1S/C11H16BrN3O3.ClH/c1-15-7-8(5-9(12)11(15)17)14-10(16)6-13-3-4-18-2;/h5,7,13H,3-4,6H2,1-2H3,(H,14,16);1H. The fourth-order valence-electron chi connectivity index (χ4n) is 1.32. The molecule has 2 N–H and O–H groups in total. The highest BCUT2D eigenvalue weighted by molar-refractivity contribution is 9.10. The molecule has 1 aromatic heterocycles. The zero-order valence-corrected chi connectivity index (χ0v) is 13.1. The second-order valence-electron chi connectivity index (χ2n) is 3.71. The minimum absolute atomic E-state index is 0. The predicted octanol–water partition coefficient (Wildman–Crippen LogP) is 0.744. The summed E-state index contributed by atoms with van der Waals surface area (Å²) >= 11 is 3.14. The number of ether oxygens (including phenoxy) is 1. The van der Waals surface area contributed by atoms with Gasteiger partial charge in [0.1, 0.15) is 0 Å². The summed E-state index contributed by atoms with van der Waals surface area (Å²) in [6.07, 6.45) is 1.57. The molecule has 0 radical (unpaired) electrons. The van der Waals surface area contributed by atoms with Crippen molar-refractivity contribution in [1.29, 1.82) is 0 Å². The molecule has 0 aliphatic carbocycles. The van der Waals surface area contributed by atoms with Gasteiger partial charge in [-0.05, 0) is 22.0 Å². The van der Waals surface area contributed by atoms with Crippen LogP contribution in [-0.2, 0) is 16.6 Å². The van der Waals surface area contributed by atoms with Crippen LogP contribution in [0.2, 0.25) is 0 Å². The zero-order valence-electron chi connectivity index (χ0n) is 10.7. The second kappa shape index (κ2) is 9.08. The van der Waals surface area contributed by atoms with Crippen LogP contribution >= 0.6 is 28.3 Å². The van der Waals surface area contributed by atoms with Gasteiger partial charge in [-0.1, -0.05) is 0 Å². The Morgan fingerprint density at radius 3 is 2.79 bits per heavy atom. The van der Waals surface area contributed by atoms with Gasteiger partial charge in [0.25, 0.3) is 5.56 Å². The monoisotopic (exact) mass is 353 g/mol. The summed E-state index contributed by atoms with van der Waals surface area (Å²) in [5.41, 5.74) is 0.425. The minimum atomic E-state index is -0.170. The molecular formula is C11H17BrClN3O3. The van der Waals surface area contributed by atoms with Gasteiger partial charge < -0.3 is 19.9 Å². The van der Waals surface area contributed by atoms with Crippen LogP contribution in [0.3, 0.4) is 0 Å². The molecule has 0 unspecified atom stereocenters. The van der Waals surface area contributed by atoms with Gasteiger partial charge in [0.2, 0.25) is 5.91 Å². The Bertz CT molecular complexity index is 452. The number of hydrogen-bond donors (Lipinski definition) is 2. The maximum Gasteiger partial charge on any atom is 0.264 e. The van der Waals surface area contributed by atoms with Crippen molar-refractivity contribution in [2.24, 2.45) is 7.05 Å². The first kappa shape index (κ1) is 18.1. The molecule has 1 rings (SSSR count). The van der Waals surface area contributed by atoms with Gasteiger partial charge in [0.15, 0.2) is 0 Å². The van der Waals surface area contributed by atoms with E-state index in [1.54, 1.807) is 26.4 Å². The van der Waals surface area contributed by atoms with Crippen molar-refractivity contribution < 1.29 is 9.53 Å². The van der Waals surface area contributed by atoms with E-state index in [9.17, 15) is 9.59 Å². The molecule has 1 amide bonds. The number of nitrogens with zero attached hydrogens (tertiary/aromatic N) is 1. The molecule has 0 saturated carbocycles.